The molecule has 192 valence electrons. The second-order valence-corrected chi connectivity index (χ2v) is 11.9. The van der Waals surface area contributed by atoms with E-state index in [1.807, 2.05) is 37.9 Å². The summed E-state index contributed by atoms with van der Waals surface area (Å²) in [5.41, 5.74) is 3.81. The molecule has 2 aliphatic rings. The van der Waals surface area contributed by atoms with Crippen molar-refractivity contribution in [3.8, 4) is 5.75 Å². The predicted octanol–water partition coefficient (Wildman–Crippen LogP) is 3.47. The van der Waals surface area contributed by atoms with Crippen LogP contribution < -0.4 is 15.2 Å². The molecule has 1 saturated carbocycles. The first-order chi connectivity index (χ1) is 17.1. The van der Waals surface area contributed by atoms with Crippen molar-refractivity contribution < 1.29 is 18.3 Å². The molecule has 1 fully saturated rings. The topological polar surface area (TPSA) is 103 Å². The highest BCUT2D eigenvalue weighted by Gasteiger charge is 2.35. The zero-order valence-electron chi connectivity index (χ0n) is 21.0. The largest absolute Gasteiger partial charge is 0.490 e. The van der Waals surface area contributed by atoms with Gasteiger partial charge in [-0.1, -0.05) is 12.1 Å². The number of fused-ring (bicyclic) bond motifs is 2. The van der Waals surface area contributed by atoms with Crippen molar-refractivity contribution in [2.75, 3.05) is 25.1 Å². The summed E-state index contributed by atoms with van der Waals surface area (Å²) in [4.78, 5) is 18.3. The molecule has 1 aromatic heterocycles. The van der Waals surface area contributed by atoms with Crippen molar-refractivity contribution in [2.24, 2.45) is 0 Å². The highest BCUT2D eigenvalue weighted by Crippen LogP contribution is 2.36. The van der Waals surface area contributed by atoms with Crippen LogP contribution >= 0.6 is 0 Å². The van der Waals surface area contributed by atoms with E-state index in [-0.39, 0.29) is 23.0 Å². The van der Waals surface area contributed by atoms with Gasteiger partial charge in [0.15, 0.2) is 0 Å². The molecule has 2 aromatic carbocycles. The van der Waals surface area contributed by atoms with Gasteiger partial charge < -0.3 is 19.7 Å². The second-order valence-electron chi connectivity index (χ2n) is 10.0. The van der Waals surface area contributed by atoms with Crippen molar-refractivity contribution in [3.05, 3.63) is 63.4 Å². The molecule has 0 bridgehead atoms. The molecule has 0 spiro atoms. The average Bonchev–Trinajstić information content (AvgIpc) is 2.86. The number of aryl methyl sites for hydroxylation is 2. The summed E-state index contributed by atoms with van der Waals surface area (Å²) in [7, 11) is -2.00. The maximum atomic E-state index is 14.0. The molecule has 5 rings (SSSR count). The molecular weight excluding hydrogens is 478 g/mol. The van der Waals surface area contributed by atoms with Crippen LogP contribution in [0.25, 0.3) is 10.9 Å². The summed E-state index contributed by atoms with van der Waals surface area (Å²) in [5, 5.41) is 10.9. The van der Waals surface area contributed by atoms with Gasteiger partial charge in [-0.15, -0.1) is 0 Å². The number of rotatable bonds is 5. The smallest absolute Gasteiger partial charge is 0.252 e. The lowest BCUT2D eigenvalue weighted by atomic mass is 9.93. The maximum absolute atomic E-state index is 14.0. The minimum Gasteiger partial charge on any atom is -0.490 e. The molecule has 2 N–H and O–H groups in total. The van der Waals surface area contributed by atoms with Crippen molar-refractivity contribution in [1.29, 1.82) is 0 Å². The average molecular weight is 512 g/mol. The highest BCUT2D eigenvalue weighted by molar-refractivity contribution is 7.89. The summed E-state index contributed by atoms with van der Waals surface area (Å²) < 4.78 is 35.3. The Kier molecular flexibility index (Phi) is 6.57. The second kappa shape index (κ2) is 9.53. The van der Waals surface area contributed by atoms with Crippen molar-refractivity contribution in [1.82, 2.24) is 9.29 Å². The molecule has 8 nitrogen and oxygen atoms in total. The number of anilines is 1. The highest BCUT2D eigenvalue weighted by atomic mass is 32.2. The number of sulfonamides is 1. The van der Waals surface area contributed by atoms with E-state index < -0.39 is 16.1 Å². The van der Waals surface area contributed by atoms with Crippen LogP contribution in [0.2, 0.25) is 0 Å². The van der Waals surface area contributed by atoms with E-state index in [9.17, 15) is 18.3 Å². The molecule has 0 amide bonds. The fourth-order valence-electron chi connectivity index (χ4n) is 5.25. The Bertz CT molecular complexity index is 1460. The molecule has 0 saturated heterocycles. The van der Waals surface area contributed by atoms with E-state index in [1.54, 1.807) is 24.3 Å². The standard InChI is InChI=1S/C27H33N3O5S/c1-17-4-5-19-14-20(27(32)28-26(19)18(17)2)16-30(21-6-8-22(31)9-7-21)36(33,34)23-10-11-24-25(15-23)35-13-12-29(24)3/h4-5,10-11,14-15,21-22,31H,6-9,12-13,16H2,1-3H3,(H,28,32)/t21-,22-. The third-order valence-corrected chi connectivity index (χ3v) is 9.56. The minimum absolute atomic E-state index is 0.0425. The summed E-state index contributed by atoms with van der Waals surface area (Å²) >= 11 is 0. The summed E-state index contributed by atoms with van der Waals surface area (Å²) in [6, 6.07) is 10.4. The molecular formula is C27H33N3O5S. The number of H-pyrrole nitrogens is 1. The number of aromatic nitrogens is 1. The first-order valence-corrected chi connectivity index (χ1v) is 13.9. The molecule has 1 aliphatic heterocycles. The van der Waals surface area contributed by atoms with E-state index in [1.165, 1.54) is 4.31 Å². The van der Waals surface area contributed by atoms with Crippen LogP contribution in [0.15, 0.2) is 46.1 Å². The van der Waals surface area contributed by atoms with Gasteiger partial charge >= 0.3 is 0 Å². The van der Waals surface area contributed by atoms with Gasteiger partial charge in [-0.05, 0) is 74.2 Å². The summed E-state index contributed by atoms with van der Waals surface area (Å²) in [5.74, 6) is 0.540. The SMILES string of the molecule is Cc1ccc2cc(CN([C@H]3CC[C@H](O)CC3)S(=O)(=O)c3ccc4c(c3)OCCN4C)c(=O)[nH]c2c1C. The first kappa shape index (κ1) is 24.8. The lowest BCUT2D eigenvalue weighted by Crippen LogP contribution is -2.43. The Morgan fingerprint density at radius 3 is 2.61 bits per heavy atom. The normalized spacial score (nSPS) is 20.4. The number of aliphatic hydroxyl groups excluding tert-OH is 1. The van der Waals surface area contributed by atoms with Gasteiger partial charge in [-0.25, -0.2) is 8.42 Å². The van der Waals surface area contributed by atoms with Gasteiger partial charge in [0.25, 0.3) is 5.56 Å². The number of nitrogens with one attached hydrogen (secondary N) is 1. The van der Waals surface area contributed by atoms with Crippen LogP contribution in [0.3, 0.4) is 0 Å². The van der Waals surface area contributed by atoms with E-state index >= 15 is 0 Å². The molecule has 3 aromatic rings. The number of ether oxygens (including phenoxy) is 1. The van der Waals surface area contributed by atoms with Gasteiger partial charge in [-0.2, -0.15) is 4.31 Å². The number of aromatic amines is 1. The van der Waals surface area contributed by atoms with Crippen LogP contribution in [0.4, 0.5) is 5.69 Å². The van der Waals surface area contributed by atoms with Crippen LogP contribution in [0, 0.1) is 13.8 Å². The molecule has 0 unspecified atom stereocenters. The number of aliphatic hydroxyl groups is 1. The summed E-state index contributed by atoms with van der Waals surface area (Å²) in [6.45, 7) is 5.14. The Morgan fingerprint density at radius 1 is 1.11 bits per heavy atom. The number of nitrogens with zero attached hydrogens (tertiary/aromatic N) is 2. The lowest BCUT2D eigenvalue weighted by Gasteiger charge is -2.35. The van der Waals surface area contributed by atoms with Crippen LogP contribution in [-0.2, 0) is 16.6 Å². The van der Waals surface area contributed by atoms with Gasteiger partial charge in [0.1, 0.15) is 12.4 Å². The number of hydrogen-bond donors (Lipinski definition) is 2. The first-order valence-electron chi connectivity index (χ1n) is 12.4. The van der Waals surface area contributed by atoms with Gasteiger partial charge in [0.2, 0.25) is 10.0 Å². The summed E-state index contributed by atoms with van der Waals surface area (Å²) in [6.07, 6.45) is 1.71. The monoisotopic (exact) mass is 511 g/mol. The molecule has 0 radical (unpaired) electrons. The third-order valence-electron chi connectivity index (χ3n) is 7.66. The van der Waals surface area contributed by atoms with Crippen LogP contribution in [0.5, 0.6) is 5.75 Å². The van der Waals surface area contributed by atoms with Crippen LogP contribution in [0.1, 0.15) is 42.4 Å². The Hall–Kier alpha value is -2.88. The molecule has 9 heteroatoms. The fraction of sp³-hybridized carbons (Fsp3) is 0.444. The predicted molar refractivity (Wildman–Crippen MR) is 140 cm³/mol. The van der Waals surface area contributed by atoms with Gasteiger partial charge in [0.05, 0.1) is 28.7 Å². The molecule has 36 heavy (non-hydrogen) atoms. The zero-order chi connectivity index (χ0) is 25.6. The molecule has 2 heterocycles. The van der Waals surface area contributed by atoms with E-state index in [0.29, 0.717) is 43.6 Å². The van der Waals surface area contributed by atoms with E-state index in [0.717, 1.165) is 34.3 Å². The third kappa shape index (κ3) is 4.51. The maximum Gasteiger partial charge on any atom is 0.252 e. The number of pyridine rings is 1. The van der Waals surface area contributed by atoms with E-state index in [2.05, 4.69) is 4.98 Å². The van der Waals surface area contributed by atoms with Crippen molar-refractivity contribution in [2.45, 2.75) is 63.1 Å². The quantitative estimate of drug-likeness (QED) is 0.544. The number of benzene rings is 2. The van der Waals surface area contributed by atoms with Gasteiger partial charge in [0, 0.05) is 31.3 Å². The number of hydrogen-bond acceptors (Lipinski definition) is 6. The Labute approximate surface area is 211 Å². The lowest BCUT2D eigenvalue weighted by molar-refractivity contribution is 0.0981. The van der Waals surface area contributed by atoms with Gasteiger partial charge in [-0.3, -0.25) is 4.79 Å². The van der Waals surface area contributed by atoms with Crippen molar-refractivity contribution >= 4 is 26.6 Å². The fourth-order valence-corrected chi connectivity index (χ4v) is 6.93. The molecule has 1 aliphatic carbocycles. The molecule has 0 atom stereocenters. The minimum atomic E-state index is -3.95. The Morgan fingerprint density at radius 2 is 1.86 bits per heavy atom. The van der Waals surface area contributed by atoms with Crippen molar-refractivity contribution in [3.63, 3.8) is 0 Å². The zero-order valence-corrected chi connectivity index (χ0v) is 21.8. The van der Waals surface area contributed by atoms with Crippen LogP contribution in [-0.4, -0.2) is 55.2 Å². The Balaban J connectivity index is 1.56. The van der Waals surface area contributed by atoms with E-state index in [4.69, 9.17) is 4.74 Å². The number of likely N-dealkylation sites (N-methyl/N-ethyl adjacent to an activating group) is 1.